The van der Waals surface area contributed by atoms with Crippen LogP contribution in [0.3, 0.4) is 0 Å². The third kappa shape index (κ3) is 10.5. The molecule has 4 heteroatoms. The second kappa shape index (κ2) is 13.0. The molecule has 0 radical (unpaired) electrons. The molecule has 0 heterocycles. The summed E-state index contributed by atoms with van der Waals surface area (Å²) in [6.45, 7) is 3.45. The number of hydrogen-bond donors (Lipinski definition) is 0. The van der Waals surface area contributed by atoms with Crippen LogP contribution in [0.15, 0.2) is 0 Å². The van der Waals surface area contributed by atoms with Crippen LogP contribution in [0, 0.1) is 0 Å². The summed E-state index contributed by atoms with van der Waals surface area (Å²) in [6, 6.07) is 0. The number of methoxy groups -OCH3 is 3. The van der Waals surface area contributed by atoms with Crippen molar-refractivity contribution in [3.63, 3.8) is 0 Å². The molecular formula is C12H27BO3. The first-order chi connectivity index (χ1) is 7.85. The molecular weight excluding hydrogens is 203 g/mol. The molecule has 0 aromatic heterocycles. The maximum atomic E-state index is 5.09. The Bertz CT molecular complexity index is 110. The Kier molecular flexibility index (Phi) is 13.0. The molecule has 0 aliphatic carbocycles. The van der Waals surface area contributed by atoms with E-state index >= 15 is 0 Å². The monoisotopic (exact) mass is 230 g/mol. The largest absolute Gasteiger partial charge is 0.385 e. The summed E-state index contributed by atoms with van der Waals surface area (Å²) in [5, 5.41) is 0. The van der Waals surface area contributed by atoms with E-state index in [0.717, 1.165) is 26.5 Å². The SMILES string of the molecule is COCCCB(CCCOC)CCCOC. The Morgan fingerprint density at radius 2 is 0.938 bits per heavy atom. The van der Waals surface area contributed by atoms with E-state index in [1.807, 2.05) is 0 Å². The molecule has 3 nitrogen and oxygen atoms in total. The molecule has 16 heavy (non-hydrogen) atoms. The molecule has 0 aromatic rings. The smallest absolute Gasteiger partial charge is 0.140 e. The van der Waals surface area contributed by atoms with Gasteiger partial charge in [0, 0.05) is 41.2 Å². The standard InChI is InChI=1S/C12H27BO3/c1-14-10-4-7-13(8-5-11-15-2)9-6-12-16-3/h4-12H2,1-3H3. The fourth-order valence-corrected chi connectivity index (χ4v) is 1.98. The highest BCUT2D eigenvalue weighted by Gasteiger charge is 2.12. The summed E-state index contributed by atoms with van der Waals surface area (Å²) >= 11 is 0. The third-order valence-electron chi connectivity index (χ3n) is 2.88. The van der Waals surface area contributed by atoms with Gasteiger partial charge in [0.15, 0.2) is 0 Å². The van der Waals surface area contributed by atoms with E-state index in [2.05, 4.69) is 0 Å². The minimum atomic E-state index is 0.806. The molecule has 0 N–H and O–H groups in total. The van der Waals surface area contributed by atoms with Gasteiger partial charge in [-0.2, -0.15) is 0 Å². The predicted octanol–water partition coefficient (Wildman–Crippen LogP) is 2.59. The Morgan fingerprint density at radius 3 is 1.19 bits per heavy atom. The van der Waals surface area contributed by atoms with Gasteiger partial charge in [0.2, 0.25) is 0 Å². The molecule has 0 spiro atoms. The molecule has 0 aromatic carbocycles. The first-order valence-electron chi connectivity index (χ1n) is 6.32. The minimum absolute atomic E-state index is 0.806. The van der Waals surface area contributed by atoms with Gasteiger partial charge in [-0.05, 0) is 19.3 Å². The second-order valence-electron chi connectivity index (χ2n) is 4.27. The fourth-order valence-electron chi connectivity index (χ4n) is 1.98. The molecule has 0 saturated carbocycles. The van der Waals surface area contributed by atoms with E-state index in [1.165, 1.54) is 38.2 Å². The molecule has 0 rings (SSSR count). The molecule has 0 unspecified atom stereocenters. The zero-order valence-corrected chi connectivity index (χ0v) is 11.2. The molecule has 0 bridgehead atoms. The van der Waals surface area contributed by atoms with Gasteiger partial charge < -0.3 is 14.2 Å². The Balaban J connectivity index is 3.58. The van der Waals surface area contributed by atoms with E-state index in [1.54, 1.807) is 21.3 Å². The Hall–Kier alpha value is -0.0551. The molecule has 0 aliphatic rings. The maximum absolute atomic E-state index is 5.09. The van der Waals surface area contributed by atoms with Crippen LogP contribution in [0.4, 0.5) is 0 Å². The van der Waals surface area contributed by atoms with Crippen LogP contribution in [-0.4, -0.2) is 47.9 Å². The molecule has 0 atom stereocenters. The first-order valence-corrected chi connectivity index (χ1v) is 6.32. The molecule has 0 saturated heterocycles. The van der Waals surface area contributed by atoms with E-state index < -0.39 is 0 Å². The van der Waals surface area contributed by atoms with Crippen LogP contribution in [0.25, 0.3) is 0 Å². The molecule has 0 amide bonds. The maximum Gasteiger partial charge on any atom is 0.140 e. The summed E-state index contributed by atoms with van der Waals surface area (Å²) < 4.78 is 15.3. The summed E-state index contributed by atoms with van der Waals surface area (Å²) in [7, 11) is 5.31. The lowest BCUT2D eigenvalue weighted by atomic mass is 9.41. The quantitative estimate of drug-likeness (QED) is 0.381. The average Bonchev–Trinajstić information content (AvgIpc) is 2.29. The lowest BCUT2D eigenvalue weighted by Crippen LogP contribution is -2.14. The highest BCUT2D eigenvalue weighted by Crippen LogP contribution is 2.13. The average molecular weight is 230 g/mol. The van der Waals surface area contributed by atoms with Crippen LogP contribution in [0.1, 0.15) is 19.3 Å². The van der Waals surface area contributed by atoms with Crippen LogP contribution in [-0.2, 0) is 14.2 Å². The zero-order chi connectivity index (χ0) is 12.1. The Labute approximate surface area is 101 Å². The lowest BCUT2D eigenvalue weighted by Gasteiger charge is -2.12. The minimum Gasteiger partial charge on any atom is -0.385 e. The van der Waals surface area contributed by atoms with E-state index in [-0.39, 0.29) is 0 Å². The van der Waals surface area contributed by atoms with E-state index in [4.69, 9.17) is 14.2 Å². The van der Waals surface area contributed by atoms with Crippen LogP contribution >= 0.6 is 0 Å². The molecule has 0 fully saturated rings. The summed E-state index contributed by atoms with van der Waals surface area (Å²) in [4.78, 5) is 0. The lowest BCUT2D eigenvalue weighted by molar-refractivity contribution is 0.195. The van der Waals surface area contributed by atoms with Gasteiger partial charge in [0.05, 0.1) is 0 Å². The van der Waals surface area contributed by atoms with Crippen molar-refractivity contribution in [1.29, 1.82) is 0 Å². The number of rotatable bonds is 12. The van der Waals surface area contributed by atoms with Gasteiger partial charge in [0.25, 0.3) is 0 Å². The van der Waals surface area contributed by atoms with Crippen LogP contribution in [0.5, 0.6) is 0 Å². The van der Waals surface area contributed by atoms with Crippen molar-refractivity contribution in [2.75, 3.05) is 41.2 Å². The van der Waals surface area contributed by atoms with Crippen molar-refractivity contribution in [2.45, 2.75) is 38.2 Å². The van der Waals surface area contributed by atoms with Gasteiger partial charge in [-0.3, -0.25) is 0 Å². The van der Waals surface area contributed by atoms with Crippen LogP contribution in [0.2, 0.25) is 19.0 Å². The van der Waals surface area contributed by atoms with E-state index in [9.17, 15) is 0 Å². The highest BCUT2D eigenvalue weighted by molar-refractivity contribution is 6.58. The van der Waals surface area contributed by atoms with Crippen molar-refractivity contribution >= 4 is 6.71 Å². The second-order valence-corrected chi connectivity index (χ2v) is 4.27. The van der Waals surface area contributed by atoms with Gasteiger partial charge >= 0.3 is 0 Å². The third-order valence-corrected chi connectivity index (χ3v) is 2.88. The van der Waals surface area contributed by atoms with Gasteiger partial charge in [-0.1, -0.05) is 19.0 Å². The van der Waals surface area contributed by atoms with Crippen molar-refractivity contribution in [1.82, 2.24) is 0 Å². The van der Waals surface area contributed by atoms with Gasteiger partial charge in [-0.15, -0.1) is 0 Å². The first kappa shape index (κ1) is 15.9. The topological polar surface area (TPSA) is 27.7 Å². The fraction of sp³-hybridized carbons (Fsp3) is 1.00. The van der Waals surface area contributed by atoms with Gasteiger partial charge in [-0.25, -0.2) is 0 Å². The molecule has 96 valence electrons. The number of ether oxygens (including phenoxy) is 3. The Morgan fingerprint density at radius 1 is 0.625 bits per heavy atom. The van der Waals surface area contributed by atoms with Crippen molar-refractivity contribution in [3.05, 3.63) is 0 Å². The van der Waals surface area contributed by atoms with Crippen molar-refractivity contribution < 1.29 is 14.2 Å². The zero-order valence-electron chi connectivity index (χ0n) is 11.2. The van der Waals surface area contributed by atoms with Crippen molar-refractivity contribution in [3.8, 4) is 0 Å². The normalized spacial score (nSPS) is 10.7. The van der Waals surface area contributed by atoms with Crippen LogP contribution < -0.4 is 0 Å². The van der Waals surface area contributed by atoms with Crippen molar-refractivity contribution in [2.24, 2.45) is 0 Å². The highest BCUT2D eigenvalue weighted by atomic mass is 16.5. The summed E-state index contributed by atoms with van der Waals surface area (Å²) in [6.07, 6.45) is 7.30. The number of hydrogen-bond acceptors (Lipinski definition) is 3. The molecule has 0 aliphatic heterocycles. The van der Waals surface area contributed by atoms with E-state index in [0.29, 0.717) is 0 Å². The van der Waals surface area contributed by atoms with Gasteiger partial charge in [0.1, 0.15) is 6.71 Å². The summed E-state index contributed by atoms with van der Waals surface area (Å²) in [5.41, 5.74) is 0. The summed E-state index contributed by atoms with van der Waals surface area (Å²) in [5.74, 6) is 0. The predicted molar refractivity (Wildman–Crippen MR) is 69.7 cm³/mol.